The molecule has 0 aromatic carbocycles. The van der Waals surface area contributed by atoms with Crippen molar-refractivity contribution in [3.63, 3.8) is 0 Å². The first-order chi connectivity index (χ1) is 16.6. The van der Waals surface area contributed by atoms with Gasteiger partial charge in [-0.15, -0.1) is 0 Å². The molecule has 35 heavy (non-hydrogen) atoms. The van der Waals surface area contributed by atoms with Crippen molar-refractivity contribution >= 4 is 13.7 Å². The van der Waals surface area contributed by atoms with Crippen molar-refractivity contribution in [1.82, 2.24) is 5.32 Å². The van der Waals surface area contributed by atoms with E-state index in [0.717, 1.165) is 25.7 Å². The Kier molecular flexibility index (Phi) is 20.9. The van der Waals surface area contributed by atoms with Gasteiger partial charge in [-0.3, -0.25) is 9.36 Å². The predicted octanol–water partition coefficient (Wildman–Crippen LogP) is 4.71. The summed E-state index contributed by atoms with van der Waals surface area (Å²) < 4.78 is 21.7. The third kappa shape index (κ3) is 26.1. The van der Waals surface area contributed by atoms with E-state index in [2.05, 4.69) is 24.4 Å². The monoisotopic (exact) mass is 520 g/mol. The summed E-state index contributed by atoms with van der Waals surface area (Å²) in [4.78, 5) is 23.6. The lowest BCUT2D eigenvalue weighted by Gasteiger charge is -2.27. The van der Waals surface area contributed by atoms with E-state index in [9.17, 15) is 19.4 Å². The number of phosphoric acid groups is 1. The Morgan fingerprint density at radius 3 is 2.06 bits per heavy atom. The van der Waals surface area contributed by atoms with Crippen LogP contribution in [0.4, 0.5) is 0 Å². The number of allylic oxidation sites excluding steroid dienone is 2. The van der Waals surface area contributed by atoms with E-state index in [1.807, 2.05) is 21.1 Å². The van der Waals surface area contributed by atoms with Crippen LogP contribution in [-0.4, -0.2) is 69.0 Å². The Hall–Kier alpha value is -0.760. The number of hydrogen-bond donors (Lipinski definition) is 2. The SMILES string of the molecule is CCCCCCCC/C=C/CCCCCCCC(=O)NCC(O)COP(=O)([O-])OCC[N+](C)(C)C. The van der Waals surface area contributed by atoms with Gasteiger partial charge in [0.15, 0.2) is 0 Å². The van der Waals surface area contributed by atoms with E-state index >= 15 is 0 Å². The number of carbonyl (C=O) groups excluding carboxylic acids is 1. The summed E-state index contributed by atoms with van der Waals surface area (Å²) in [6.07, 6.45) is 19.6. The Bertz CT molecular complexity index is 595. The van der Waals surface area contributed by atoms with Gasteiger partial charge < -0.3 is 28.8 Å². The molecule has 9 heteroatoms. The number of rotatable bonds is 24. The molecule has 0 saturated heterocycles. The van der Waals surface area contributed by atoms with E-state index in [1.54, 1.807) is 0 Å². The lowest BCUT2D eigenvalue weighted by molar-refractivity contribution is -0.870. The number of amides is 1. The van der Waals surface area contributed by atoms with Crippen molar-refractivity contribution in [3.8, 4) is 0 Å². The number of likely N-dealkylation sites (N-methyl/N-ethyl adjacent to an activating group) is 1. The average molecular weight is 521 g/mol. The molecule has 208 valence electrons. The fraction of sp³-hybridized carbons (Fsp3) is 0.885. The normalized spacial score (nSPS) is 14.8. The standard InChI is InChI=1S/C26H53N2O6P/c1-5-6-7-8-9-10-11-12-13-14-15-16-17-18-19-20-26(30)27-23-25(29)24-34-35(31,32)33-22-21-28(2,3)4/h12-13,25,29H,5-11,14-24H2,1-4H3,(H-,27,30,31,32)/b13-12+. The molecule has 0 aliphatic heterocycles. The lowest BCUT2D eigenvalue weighted by Crippen LogP contribution is -2.38. The fourth-order valence-electron chi connectivity index (χ4n) is 3.38. The Morgan fingerprint density at radius 1 is 0.943 bits per heavy atom. The van der Waals surface area contributed by atoms with Crippen molar-refractivity contribution in [2.24, 2.45) is 0 Å². The van der Waals surface area contributed by atoms with Crippen LogP contribution in [0.3, 0.4) is 0 Å². The summed E-state index contributed by atoms with van der Waals surface area (Å²) in [5, 5.41) is 12.5. The second-order valence-electron chi connectivity index (χ2n) is 10.4. The molecule has 0 radical (unpaired) electrons. The van der Waals surface area contributed by atoms with Crippen molar-refractivity contribution < 1.29 is 32.9 Å². The minimum atomic E-state index is -4.46. The topological polar surface area (TPSA) is 108 Å². The molecule has 2 atom stereocenters. The minimum Gasteiger partial charge on any atom is -0.756 e. The Morgan fingerprint density at radius 2 is 1.49 bits per heavy atom. The molecule has 0 rings (SSSR count). The van der Waals surface area contributed by atoms with Gasteiger partial charge in [-0.05, 0) is 32.1 Å². The van der Waals surface area contributed by atoms with Gasteiger partial charge in [0.2, 0.25) is 5.91 Å². The third-order valence-electron chi connectivity index (χ3n) is 5.64. The summed E-state index contributed by atoms with van der Waals surface area (Å²) in [6, 6.07) is 0. The van der Waals surface area contributed by atoms with Crippen LogP contribution in [0.2, 0.25) is 0 Å². The van der Waals surface area contributed by atoms with Crippen molar-refractivity contribution in [3.05, 3.63) is 12.2 Å². The zero-order chi connectivity index (χ0) is 26.4. The number of nitrogens with zero attached hydrogens (tertiary/aromatic N) is 1. The predicted molar refractivity (Wildman–Crippen MR) is 141 cm³/mol. The van der Waals surface area contributed by atoms with E-state index in [-0.39, 0.29) is 19.1 Å². The molecule has 0 fully saturated rings. The fourth-order valence-corrected chi connectivity index (χ4v) is 4.11. The summed E-state index contributed by atoms with van der Waals surface area (Å²) in [6.45, 7) is 2.26. The van der Waals surface area contributed by atoms with Crippen molar-refractivity contribution in [2.45, 2.75) is 103 Å². The van der Waals surface area contributed by atoms with Crippen LogP contribution >= 0.6 is 7.82 Å². The molecule has 0 aromatic rings. The van der Waals surface area contributed by atoms with Crippen LogP contribution < -0.4 is 10.2 Å². The van der Waals surface area contributed by atoms with Gasteiger partial charge in [0.1, 0.15) is 13.2 Å². The smallest absolute Gasteiger partial charge is 0.268 e. The highest BCUT2D eigenvalue weighted by Gasteiger charge is 2.16. The molecule has 0 spiro atoms. The van der Waals surface area contributed by atoms with Gasteiger partial charge in [-0.25, -0.2) is 0 Å². The maximum absolute atomic E-state index is 11.9. The number of phosphoric ester groups is 1. The molecule has 0 heterocycles. The number of nitrogens with one attached hydrogen (secondary N) is 1. The van der Waals surface area contributed by atoms with E-state index < -0.39 is 20.5 Å². The number of aliphatic hydroxyl groups excluding tert-OH is 1. The first kappa shape index (κ1) is 34.2. The molecule has 0 aromatic heterocycles. The van der Waals surface area contributed by atoms with Gasteiger partial charge in [-0.1, -0.05) is 70.4 Å². The maximum Gasteiger partial charge on any atom is 0.268 e. The summed E-state index contributed by atoms with van der Waals surface area (Å²) in [7, 11) is 1.30. The summed E-state index contributed by atoms with van der Waals surface area (Å²) in [5.41, 5.74) is 0. The van der Waals surface area contributed by atoms with E-state index in [0.29, 0.717) is 17.4 Å². The van der Waals surface area contributed by atoms with Crippen LogP contribution in [0.5, 0.6) is 0 Å². The molecule has 8 nitrogen and oxygen atoms in total. The third-order valence-corrected chi connectivity index (χ3v) is 6.60. The molecular weight excluding hydrogens is 467 g/mol. The number of hydrogen-bond acceptors (Lipinski definition) is 6. The molecule has 0 aliphatic carbocycles. The quantitative estimate of drug-likeness (QED) is 0.0826. The molecule has 2 N–H and O–H groups in total. The van der Waals surface area contributed by atoms with Crippen LogP contribution in [0.1, 0.15) is 96.8 Å². The zero-order valence-corrected chi connectivity index (χ0v) is 23.7. The highest BCUT2D eigenvalue weighted by molar-refractivity contribution is 7.45. The molecule has 0 saturated carbocycles. The van der Waals surface area contributed by atoms with Crippen LogP contribution in [0, 0.1) is 0 Å². The second-order valence-corrected chi connectivity index (χ2v) is 11.8. The van der Waals surface area contributed by atoms with Gasteiger partial charge in [0, 0.05) is 13.0 Å². The molecular formula is C26H53N2O6P. The molecule has 0 bridgehead atoms. The summed E-state index contributed by atoms with van der Waals surface area (Å²) >= 11 is 0. The highest BCUT2D eigenvalue weighted by Crippen LogP contribution is 2.38. The van der Waals surface area contributed by atoms with Crippen LogP contribution in [-0.2, 0) is 18.4 Å². The van der Waals surface area contributed by atoms with Crippen LogP contribution in [0.15, 0.2) is 12.2 Å². The first-order valence-corrected chi connectivity index (χ1v) is 15.0. The lowest BCUT2D eigenvalue weighted by atomic mass is 10.1. The minimum absolute atomic E-state index is 0.00701. The number of unbranched alkanes of at least 4 members (excludes halogenated alkanes) is 11. The molecule has 0 aliphatic rings. The van der Waals surface area contributed by atoms with Gasteiger partial charge in [0.25, 0.3) is 7.82 Å². The largest absolute Gasteiger partial charge is 0.756 e. The maximum atomic E-state index is 11.9. The van der Waals surface area contributed by atoms with Gasteiger partial charge in [0.05, 0.1) is 33.9 Å². The highest BCUT2D eigenvalue weighted by atomic mass is 31.2. The first-order valence-electron chi connectivity index (χ1n) is 13.6. The van der Waals surface area contributed by atoms with Crippen LogP contribution in [0.25, 0.3) is 0 Å². The summed E-state index contributed by atoms with van der Waals surface area (Å²) in [5.74, 6) is -0.147. The van der Waals surface area contributed by atoms with Gasteiger partial charge >= 0.3 is 0 Å². The second kappa shape index (κ2) is 21.3. The molecule has 2 unspecified atom stereocenters. The van der Waals surface area contributed by atoms with E-state index in [1.165, 1.54) is 57.8 Å². The number of aliphatic hydroxyl groups is 1. The Labute approximate surface area is 214 Å². The van der Waals surface area contributed by atoms with E-state index in [4.69, 9.17) is 9.05 Å². The van der Waals surface area contributed by atoms with Crippen molar-refractivity contribution in [1.29, 1.82) is 0 Å². The Balaban J connectivity index is 3.59. The molecule has 1 amide bonds. The zero-order valence-electron chi connectivity index (χ0n) is 22.8. The van der Waals surface area contributed by atoms with Crippen molar-refractivity contribution in [2.75, 3.05) is 47.4 Å². The number of quaternary nitrogens is 1. The van der Waals surface area contributed by atoms with Gasteiger partial charge in [-0.2, -0.15) is 0 Å². The average Bonchev–Trinajstić information content (AvgIpc) is 2.78. The number of carbonyl (C=O) groups is 1.